The van der Waals surface area contributed by atoms with E-state index in [1.54, 1.807) is 0 Å². The molecule has 4 heteroatoms. The van der Waals surface area contributed by atoms with E-state index in [1.165, 1.54) is 38.6 Å². The van der Waals surface area contributed by atoms with E-state index < -0.39 is 0 Å². The predicted molar refractivity (Wildman–Crippen MR) is 104 cm³/mol. The lowest BCUT2D eigenvalue weighted by atomic mass is 9.80. The Morgan fingerprint density at radius 2 is 1.85 bits per heavy atom. The maximum Gasteiger partial charge on any atom is 0.255 e. The molecule has 0 unspecified atom stereocenters. The molecule has 1 aromatic carbocycles. The third-order valence-corrected chi connectivity index (χ3v) is 6.79. The fourth-order valence-corrected chi connectivity index (χ4v) is 5.12. The summed E-state index contributed by atoms with van der Waals surface area (Å²) in [5.74, 6) is 1.63. The van der Waals surface area contributed by atoms with Crippen LogP contribution in [0.15, 0.2) is 24.3 Å². The fourth-order valence-electron chi connectivity index (χ4n) is 5.12. The Labute approximate surface area is 157 Å². The van der Waals surface area contributed by atoms with Gasteiger partial charge in [-0.2, -0.15) is 0 Å². The van der Waals surface area contributed by atoms with Gasteiger partial charge in [0.2, 0.25) is 0 Å². The van der Waals surface area contributed by atoms with Gasteiger partial charge in [-0.05, 0) is 63.6 Å². The summed E-state index contributed by atoms with van der Waals surface area (Å²) in [5, 5.41) is 3.09. The smallest absolute Gasteiger partial charge is 0.255 e. The lowest BCUT2D eigenvalue weighted by molar-refractivity contribution is 0.00700. The molecule has 1 amide bonds. The fraction of sp³-hybridized carbons (Fsp3) is 0.682. The number of nitrogens with zero attached hydrogens (tertiary/aromatic N) is 1. The summed E-state index contributed by atoms with van der Waals surface area (Å²) in [7, 11) is 2.31. The first-order chi connectivity index (χ1) is 12.7. The van der Waals surface area contributed by atoms with Crippen LogP contribution < -0.4 is 10.1 Å². The number of hydrogen-bond acceptors (Lipinski definition) is 3. The third-order valence-electron chi connectivity index (χ3n) is 6.79. The van der Waals surface area contributed by atoms with E-state index >= 15 is 0 Å². The first-order valence-corrected chi connectivity index (χ1v) is 10.4. The van der Waals surface area contributed by atoms with Gasteiger partial charge in [0.05, 0.1) is 12.1 Å². The van der Waals surface area contributed by atoms with E-state index in [0.717, 1.165) is 37.4 Å². The third kappa shape index (κ3) is 3.75. The first kappa shape index (κ1) is 17.8. The van der Waals surface area contributed by atoms with Crippen LogP contribution in [-0.4, -0.2) is 42.6 Å². The minimum absolute atomic E-state index is 0.00554. The number of carbonyl (C=O) groups is 1. The minimum atomic E-state index is -0.232. The van der Waals surface area contributed by atoms with Gasteiger partial charge in [-0.1, -0.05) is 31.4 Å². The van der Waals surface area contributed by atoms with E-state index in [1.807, 2.05) is 24.3 Å². The standard InChI is InChI=1S/C22H32N2O2/c1-24(15-17-7-3-2-4-8-17)18-11-13-22(14-12-18)16-23-21(25)19-9-5-6-10-20(19)26-22/h5-6,9-10,17-18H,2-4,7-8,11-16H2,1H3,(H,23,25). The maximum atomic E-state index is 12.3. The van der Waals surface area contributed by atoms with Crippen molar-refractivity contribution in [1.29, 1.82) is 0 Å². The van der Waals surface area contributed by atoms with E-state index in [-0.39, 0.29) is 11.5 Å². The predicted octanol–water partition coefficient (Wildman–Crippen LogP) is 4.00. The lowest BCUT2D eigenvalue weighted by Crippen LogP contribution is -2.51. The molecule has 4 rings (SSSR count). The van der Waals surface area contributed by atoms with Gasteiger partial charge in [0, 0.05) is 12.6 Å². The van der Waals surface area contributed by atoms with Crippen LogP contribution in [-0.2, 0) is 0 Å². The highest BCUT2D eigenvalue weighted by Gasteiger charge is 2.41. The monoisotopic (exact) mass is 356 g/mol. The quantitative estimate of drug-likeness (QED) is 0.890. The van der Waals surface area contributed by atoms with Crippen molar-refractivity contribution >= 4 is 5.91 Å². The second-order valence-electron chi connectivity index (χ2n) is 8.64. The Bertz CT molecular complexity index is 631. The topological polar surface area (TPSA) is 41.6 Å². The summed E-state index contributed by atoms with van der Waals surface area (Å²) in [5.41, 5.74) is 0.436. The molecule has 0 saturated heterocycles. The van der Waals surface area contributed by atoms with Crippen LogP contribution >= 0.6 is 0 Å². The Balaban J connectivity index is 1.37. The van der Waals surface area contributed by atoms with E-state index in [0.29, 0.717) is 18.2 Å². The first-order valence-electron chi connectivity index (χ1n) is 10.4. The van der Waals surface area contributed by atoms with Crippen molar-refractivity contribution in [2.24, 2.45) is 5.92 Å². The van der Waals surface area contributed by atoms with Crippen molar-refractivity contribution in [2.45, 2.75) is 69.4 Å². The number of para-hydroxylation sites is 1. The van der Waals surface area contributed by atoms with Gasteiger partial charge in [0.15, 0.2) is 0 Å². The zero-order valence-corrected chi connectivity index (χ0v) is 16.0. The molecule has 1 N–H and O–H groups in total. The SMILES string of the molecule is CN(CC1CCCCC1)C1CCC2(CC1)CNC(=O)c1ccccc1O2. The molecule has 2 saturated carbocycles. The molecule has 1 aliphatic heterocycles. The van der Waals surface area contributed by atoms with Gasteiger partial charge < -0.3 is 15.0 Å². The van der Waals surface area contributed by atoms with Crippen molar-refractivity contribution < 1.29 is 9.53 Å². The van der Waals surface area contributed by atoms with Crippen molar-refractivity contribution in [3.8, 4) is 5.75 Å². The molecular weight excluding hydrogens is 324 g/mol. The Kier molecular flexibility index (Phi) is 5.21. The Morgan fingerprint density at radius 1 is 1.12 bits per heavy atom. The zero-order chi connectivity index (χ0) is 18.0. The maximum absolute atomic E-state index is 12.3. The molecule has 0 aromatic heterocycles. The molecule has 0 bridgehead atoms. The summed E-state index contributed by atoms with van der Waals surface area (Å²) in [6.07, 6.45) is 11.4. The van der Waals surface area contributed by atoms with Crippen LogP contribution in [0.1, 0.15) is 68.1 Å². The molecule has 2 fully saturated rings. The average molecular weight is 357 g/mol. The average Bonchev–Trinajstić information content (AvgIpc) is 2.80. The highest BCUT2D eigenvalue weighted by Crippen LogP contribution is 2.37. The molecule has 1 aromatic rings. The van der Waals surface area contributed by atoms with Gasteiger partial charge in [0.1, 0.15) is 11.4 Å². The Morgan fingerprint density at radius 3 is 2.62 bits per heavy atom. The molecule has 4 nitrogen and oxygen atoms in total. The van der Waals surface area contributed by atoms with Crippen LogP contribution in [0.5, 0.6) is 5.75 Å². The Hall–Kier alpha value is -1.55. The van der Waals surface area contributed by atoms with Crippen LogP contribution in [0.4, 0.5) is 0 Å². The molecular formula is C22H32N2O2. The normalized spacial score (nSPS) is 29.8. The molecule has 26 heavy (non-hydrogen) atoms. The lowest BCUT2D eigenvalue weighted by Gasteiger charge is -2.43. The van der Waals surface area contributed by atoms with Gasteiger partial charge in [-0.15, -0.1) is 0 Å². The molecule has 1 heterocycles. The number of rotatable bonds is 3. The zero-order valence-electron chi connectivity index (χ0n) is 16.0. The number of amides is 1. The van der Waals surface area contributed by atoms with Crippen LogP contribution in [0.25, 0.3) is 0 Å². The molecule has 3 aliphatic rings. The van der Waals surface area contributed by atoms with Gasteiger partial charge in [-0.25, -0.2) is 0 Å². The van der Waals surface area contributed by atoms with Crippen LogP contribution in [0, 0.1) is 5.92 Å². The molecule has 2 aliphatic carbocycles. The van der Waals surface area contributed by atoms with Gasteiger partial charge in [-0.3, -0.25) is 4.79 Å². The number of benzene rings is 1. The van der Waals surface area contributed by atoms with Crippen molar-refractivity contribution in [3.05, 3.63) is 29.8 Å². The summed E-state index contributed by atoms with van der Waals surface area (Å²) in [6.45, 7) is 1.87. The number of fused-ring (bicyclic) bond motifs is 1. The summed E-state index contributed by atoms with van der Waals surface area (Å²) in [4.78, 5) is 14.9. The van der Waals surface area contributed by atoms with Crippen molar-refractivity contribution in [2.75, 3.05) is 20.1 Å². The number of carbonyl (C=O) groups excluding carboxylic acids is 1. The minimum Gasteiger partial charge on any atom is -0.485 e. The second kappa shape index (κ2) is 7.59. The van der Waals surface area contributed by atoms with Crippen molar-refractivity contribution in [3.63, 3.8) is 0 Å². The van der Waals surface area contributed by atoms with E-state index in [9.17, 15) is 4.79 Å². The summed E-state index contributed by atoms with van der Waals surface area (Å²) >= 11 is 0. The summed E-state index contributed by atoms with van der Waals surface area (Å²) < 4.78 is 6.43. The molecule has 0 radical (unpaired) electrons. The number of ether oxygens (including phenoxy) is 1. The van der Waals surface area contributed by atoms with Gasteiger partial charge >= 0.3 is 0 Å². The van der Waals surface area contributed by atoms with E-state index in [4.69, 9.17) is 4.74 Å². The van der Waals surface area contributed by atoms with Crippen LogP contribution in [0.2, 0.25) is 0 Å². The largest absolute Gasteiger partial charge is 0.485 e. The highest BCUT2D eigenvalue weighted by molar-refractivity contribution is 5.97. The summed E-state index contributed by atoms with van der Waals surface area (Å²) in [6, 6.07) is 8.29. The molecule has 0 atom stereocenters. The second-order valence-corrected chi connectivity index (χ2v) is 8.64. The molecule has 142 valence electrons. The van der Waals surface area contributed by atoms with E-state index in [2.05, 4.69) is 17.3 Å². The van der Waals surface area contributed by atoms with Crippen LogP contribution in [0.3, 0.4) is 0 Å². The number of hydrogen-bond donors (Lipinski definition) is 1. The number of nitrogens with one attached hydrogen (secondary N) is 1. The van der Waals surface area contributed by atoms with Crippen molar-refractivity contribution in [1.82, 2.24) is 10.2 Å². The molecule has 1 spiro atoms. The highest BCUT2D eigenvalue weighted by atomic mass is 16.5. The van der Waals surface area contributed by atoms with Gasteiger partial charge in [0.25, 0.3) is 5.91 Å².